The van der Waals surface area contributed by atoms with E-state index in [0.717, 1.165) is 16.2 Å². The topological polar surface area (TPSA) is 51.0 Å². The van der Waals surface area contributed by atoms with Crippen LogP contribution in [0.4, 0.5) is 13.2 Å². The molecule has 0 unspecified atom stereocenters. The third-order valence-electron chi connectivity index (χ3n) is 4.94. The van der Waals surface area contributed by atoms with Gasteiger partial charge in [0.2, 0.25) is 0 Å². The lowest BCUT2D eigenvalue weighted by molar-refractivity contribution is -0.143. The number of aromatic nitrogens is 3. The summed E-state index contributed by atoms with van der Waals surface area (Å²) in [5, 5.41) is 0.444. The van der Waals surface area contributed by atoms with Crippen LogP contribution in [-0.4, -0.2) is 38.9 Å². The second-order valence-electron chi connectivity index (χ2n) is 9.28. The Labute approximate surface area is 196 Å². The van der Waals surface area contributed by atoms with Gasteiger partial charge >= 0.3 is 6.18 Å². The van der Waals surface area contributed by atoms with Crippen molar-refractivity contribution in [3.05, 3.63) is 70.5 Å². The van der Waals surface area contributed by atoms with Gasteiger partial charge in [-0.3, -0.25) is 4.79 Å². The predicted octanol–water partition coefficient (Wildman–Crippen LogP) is 6.09. The van der Waals surface area contributed by atoms with E-state index in [1.54, 1.807) is 38.2 Å². The van der Waals surface area contributed by atoms with E-state index in [1.165, 1.54) is 17.3 Å². The molecule has 5 nitrogen and oxygen atoms in total. The first-order valence-electron chi connectivity index (χ1n) is 10.4. The summed E-state index contributed by atoms with van der Waals surface area (Å²) in [5.41, 5.74) is 0.169. The van der Waals surface area contributed by atoms with Crippen LogP contribution in [-0.2, 0) is 12.7 Å². The molecule has 0 atom stereocenters. The molecule has 3 aromatic rings. The summed E-state index contributed by atoms with van der Waals surface area (Å²) in [4.78, 5) is 23.3. The van der Waals surface area contributed by atoms with Crippen LogP contribution < -0.4 is 0 Å². The molecule has 0 aliphatic carbocycles. The maximum atomic E-state index is 14.1. The number of halogens is 4. The maximum absolute atomic E-state index is 14.1. The molecule has 0 aliphatic heterocycles. The normalized spacial score (nSPS) is 12.2. The number of benzene rings is 1. The van der Waals surface area contributed by atoms with Crippen LogP contribution in [0.25, 0.3) is 11.1 Å². The fourth-order valence-corrected chi connectivity index (χ4v) is 3.76. The van der Waals surface area contributed by atoms with Crippen LogP contribution in [0.1, 0.15) is 48.3 Å². The lowest BCUT2D eigenvalue weighted by Crippen LogP contribution is -2.36. The quantitative estimate of drug-likeness (QED) is 0.445. The summed E-state index contributed by atoms with van der Waals surface area (Å²) in [7, 11) is 1.59. The lowest BCUT2D eigenvalue weighted by atomic mass is 9.96. The molecule has 2 heterocycles. The number of carbonyl (C=O) groups excluding carboxylic acids is 1. The van der Waals surface area contributed by atoms with E-state index in [1.807, 2.05) is 20.8 Å². The van der Waals surface area contributed by atoms with E-state index >= 15 is 0 Å². The van der Waals surface area contributed by atoms with Crippen molar-refractivity contribution in [2.45, 2.75) is 40.4 Å². The molecule has 3 rings (SSSR count). The minimum atomic E-state index is -4.69. The second kappa shape index (κ2) is 9.17. The summed E-state index contributed by atoms with van der Waals surface area (Å²) in [6.45, 7) is 7.72. The van der Waals surface area contributed by atoms with Gasteiger partial charge in [0.15, 0.2) is 0 Å². The van der Waals surface area contributed by atoms with Gasteiger partial charge in [-0.2, -0.15) is 13.2 Å². The van der Waals surface area contributed by atoms with Crippen molar-refractivity contribution in [3.63, 3.8) is 0 Å². The third-order valence-corrected chi connectivity index (χ3v) is 5.19. The minimum absolute atomic E-state index is 0.0689. The number of alkyl halides is 3. The van der Waals surface area contributed by atoms with E-state index in [9.17, 15) is 18.0 Å². The Hall–Kier alpha value is -2.87. The van der Waals surface area contributed by atoms with Gasteiger partial charge < -0.3 is 9.47 Å². The lowest BCUT2D eigenvalue weighted by Gasteiger charge is -2.27. The van der Waals surface area contributed by atoms with E-state index < -0.39 is 17.8 Å². The summed E-state index contributed by atoms with van der Waals surface area (Å²) < 4.78 is 43.3. The summed E-state index contributed by atoms with van der Waals surface area (Å²) in [6.07, 6.45) is -1.62. The summed E-state index contributed by atoms with van der Waals surface area (Å²) >= 11 is 5.98. The van der Waals surface area contributed by atoms with Gasteiger partial charge in [-0.25, -0.2) is 9.97 Å². The van der Waals surface area contributed by atoms with E-state index in [-0.39, 0.29) is 29.0 Å². The number of amides is 1. The average Bonchev–Trinajstić information content (AvgIpc) is 3.08. The van der Waals surface area contributed by atoms with E-state index in [0.29, 0.717) is 17.1 Å². The van der Waals surface area contributed by atoms with Crippen molar-refractivity contribution < 1.29 is 18.0 Å². The highest BCUT2D eigenvalue weighted by molar-refractivity contribution is 6.30. The van der Waals surface area contributed by atoms with Gasteiger partial charge in [-0.05, 0) is 41.7 Å². The molecule has 0 radical (unpaired) electrons. The third kappa shape index (κ3) is 5.93. The fourth-order valence-electron chi connectivity index (χ4n) is 3.63. The Morgan fingerprint density at radius 3 is 2.18 bits per heavy atom. The highest BCUT2D eigenvalue weighted by Gasteiger charge is 2.39. The van der Waals surface area contributed by atoms with E-state index in [4.69, 9.17) is 11.6 Å². The molecule has 9 heteroatoms. The molecule has 0 aliphatic rings. The number of rotatable bonds is 5. The van der Waals surface area contributed by atoms with Crippen LogP contribution >= 0.6 is 11.6 Å². The van der Waals surface area contributed by atoms with Gasteiger partial charge in [-0.1, -0.05) is 44.5 Å². The van der Waals surface area contributed by atoms with Crippen molar-refractivity contribution in [2.75, 3.05) is 13.6 Å². The van der Waals surface area contributed by atoms with Crippen molar-refractivity contribution in [1.82, 2.24) is 19.4 Å². The largest absolute Gasteiger partial charge is 0.431 e. The first kappa shape index (κ1) is 24.8. The SMILES string of the molecule is Cc1cnc(Cn2c(C(F)(F)F)cc(-c3ccc(Cl)cc3)c2C(=O)N(C)CC(C)(C)C)nc1. The van der Waals surface area contributed by atoms with Crippen molar-refractivity contribution in [2.24, 2.45) is 5.41 Å². The van der Waals surface area contributed by atoms with Crippen molar-refractivity contribution in [1.29, 1.82) is 0 Å². The number of hydrogen-bond donors (Lipinski definition) is 0. The maximum Gasteiger partial charge on any atom is 0.431 e. The monoisotopic (exact) mass is 478 g/mol. The van der Waals surface area contributed by atoms with Crippen LogP contribution in [0.3, 0.4) is 0 Å². The highest BCUT2D eigenvalue weighted by Crippen LogP contribution is 2.38. The van der Waals surface area contributed by atoms with Crippen molar-refractivity contribution >= 4 is 17.5 Å². The molecule has 176 valence electrons. The average molecular weight is 479 g/mol. The van der Waals surface area contributed by atoms with Gasteiger partial charge in [-0.15, -0.1) is 0 Å². The molecular formula is C24H26ClF3N4O. The van der Waals surface area contributed by atoms with Crippen LogP contribution in [0.15, 0.2) is 42.7 Å². The molecule has 0 bridgehead atoms. The number of nitrogens with zero attached hydrogens (tertiary/aromatic N) is 4. The first-order valence-corrected chi connectivity index (χ1v) is 10.7. The van der Waals surface area contributed by atoms with Crippen LogP contribution in [0.5, 0.6) is 0 Å². The van der Waals surface area contributed by atoms with Crippen molar-refractivity contribution in [3.8, 4) is 11.1 Å². The molecule has 0 N–H and O–H groups in total. The van der Waals surface area contributed by atoms with Gasteiger partial charge in [0, 0.05) is 36.6 Å². The number of aryl methyl sites for hydroxylation is 1. The zero-order valence-corrected chi connectivity index (χ0v) is 19.9. The predicted molar refractivity (Wildman–Crippen MR) is 122 cm³/mol. The van der Waals surface area contributed by atoms with Crippen LogP contribution in [0.2, 0.25) is 5.02 Å². The first-order chi connectivity index (χ1) is 15.3. The Morgan fingerprint density at radius 2 is 1.67 bits per heavy atom. The second-order valence-corrected chi connectivity index (χ2v) is 9.72. The molecule has 0 saturated heterocycles. The van der Waals surface area contributed by atoms with Gasteiger partial charge in [0.25, 0.3) is 5.91 Å². The summed E-state index contributed by atoms with van der Waals surface area (Å²) in [6, 6.07) is 7.38. The van der Waals surface area contributed by atoms with Gasteiger partial charge in [0.1, 0.15) is 17.2 Å². The molecule has 0 fully saturated rings. The molecule has 1 aromatic carbocycles. The molecule has 0 saturated carbocycles. The molecule has 0 spiro atoms. The smallest absolute Gasteiger partial charge is 0.340 e. The number of carbonyl (C=O) groups is 1. The standard InChI is InChI=1S/C24H26ClF3N4O/c1-15-11-29-20(30-12-15)13-32-19(24(26,27)28)10-18(16-6-8-17(25)9-7-16)21(32)22(33)31(5)14-23(2,3)4/h6-12H,13-14H2,1-5H3. The van der Waals surface area contributed by atoms with Gasteiger partial charge in [0.05, 0.1) is 6.54 Å². The Morgan fingerprint density at radius 1 is 1.09 bits per heavy atom. The Bertz CT molecular complexity index is 1130. The molecule has 33 heavy (non-hydrogen) atoms. The zero-order valence-electron chi connectivity index (χ0n) is 19.2. The minimum Gasteiger partial charge on any atom is -0.340 e. The Balaban J connectivity index is 2.24. The summed E-state index contributed by atoms with van der Waals surface area (Å²) in [5.74, 6) is -0.339. The molecule has 1 amide bonds. The molecular weight excluding hydrogens is 453 g/mol. The number of hydrogen-bond acceptors (Lipinski definition) is 3. The zero-order chi connectivity index (χ0) is 24.6. The fraction of sp³-hybridized carbons (Fsp3) is 0.375. The highest BCUT2D eigenvalue weighted by atomic mass is 35.5. The van der Waals surface area contributed by atoms with Crippen LogP contribution in [0, 0.1) is 12.3 Å². The van der Waals surface area contributed by atoms with E-state index in [2.05, 4.69) is 9.97 Å². The Kier molecular flexibility index (Phi) is 6.88. The molecule has 2 aromatic heterocycles.